The summed E-state index contributed by atoms with van der Waals surface area (Å²) >= 11 is 6.01. The number of fused-ring (bicyclic) bond motifs is 1. The number of piperazine rings is 1. The van der Waals surface area contributed by atoms with Crippen LogP contribution in [0.15, 0.2) is 70.3 Å². The Morgan fingerprint density at radius 2 is 1.71 bits per heavy atom. The number of anilines is 1. The van der Waals surface area contributed by atoms with Crippen molar-refractivity contribution in [3.63, 3.8) is 0 Å². The second-order valence-electron chi connectivity index (χ2n) is 8.72. The molecule has 0 spiro atoms. The van der Waals surface area contributed by atoms with Crippen molar-refractivity contribution in [1.29, 1.82) is 0 Å². The van der Waals surface area contributed by atoms with E-state index in [4.69, 9.17) is 16.6 Å². The molecule has 0 bridgehead atoms. The van der Waals surface area contributed by atoms with Gasteiger partial charge in [0.05, 0.1) is 0 Å². The van der Waals surface area contributed by atoms with Crippen LogP contribution in [0.3, 0.4) is 0 Å². The van der Waals surface area contributed by atoms with E-state index in [1.54, 1.807) is 7.05 Å². The molecule has 0 radical (unpaired) electrons. The Labute approximate surface area is 207 Å². The van der Waals surface area contributed by atoms with Crippen LogP contribution in [-0.2, 0) is 20.1 Å². The van der Waals surface area contributed by atoms with Gasteiger partial charge in [-0.1, -0.05) is 66.2 Å². The number of aromatic amines is 1. The normalized spacial score (nSPS) is 14.9. The summed E-state index contributed by atoms with van der Waals surface area (Å²) in [6, 6.07) is 18.0. The molecule has 0 aliphatic carbocycles. The number of hydrogen-bond donors (Lipinski definition) is 1. The van der Waals surface area contributed by atoms with Gasteiger partial charge in [0.2, 0.25) is 5.95 Å². The van der Waals surface area contributed by atoms with Gasteiger partial charge in [-0.15, -0.1) is 0 Å². The van der Waals surface area contributed by atoms with Crippen molar-refractivity contribution < 1.29 is 0 Å². The number of halogens is 1. The summed E-state index contributed by atoms with van der Waals surface area (Å²) in [6.07, 6.45) is 4.04. The molecule has 1 fully saturated rings. The highest BCUT2D eigenvalue weighted by Gasteiger charge is 2.24. The Balaban J connectivity index is 1.41. The number of hydrogen-bond acceptors (Lipinski definition) is 5. The fourth-order valence-electron chi connectivity index (χ4n) is 4.45. The standard InChI is InChI=1S/C26H27ClN6O2/c1-30-23-22(24(34)29-26(30)35)33(13-5-8-19-6-3-2-4-7-19)25(28-23)32-16-14-31(15-17-32)18-20-9-11-21(27)12-10-20/h2-12H,13-18H2,1H3,(H,29,34,35). The molecule has 8 nitrogen and oxygen atoms in total. The number of nitrogens with one attached hydrogen (secondary N) is 1. The summed E-state index contributed by atoms with van der Waals surface area (Å²) in [7, 11) is 1.63. The zero-order valence-electron chi connectivity index (χ0n) is 19.5. The molecule has 0 atom stereocenters. The molecule has 3 heterocycles. The van der Waals surface area contributed by atoms with E-state index in [-0.39, 0.29) is 0 Å². The Morgan fingerprint density at radius 3 is 2.43 bits per heavy atom. The van der Waals surface area contributed by atoms with Gasteiger partial charge in [-0.25, -0.2) is 4.79 Å². The number of H-pyrrole nitrogens is 1. The third-order valence-electron chi connectivity index (χ3n) is 6.36. The Hall–Kier alpha value is -3.62. The van der Waals surface area contributed by atoms with Gasteiger partial charge in [-0.3, -0.25) is 19.2 Å². The van der Waals surface area contributed by atoms with Crippen LogP contribution in [0.25, 0.3) is 17.2 Å². The first-order chi connectivity index (χ1) is 17.0. The Bertz CT molecular complexity index is 1460. The van der Waals surface area contributed by atoms with Crippen LogP contribution in [0, 0.1) is 0 Å². The molecule has 180 valence electrons. The summed E-state index contributed by atoms with van der Waals surface area (Å²) < 4.78 is 3.30. The topological polar surface area (TPSA) is 79.2 Å². The summed E-state index contributed by atoms with van der Waals surface area (Å²) in [4.78, 5) is 36.8. The largest absolute Gasteiger partial charge is 0.340 e. The van der Waals surface area contributed by atoms with Crippen LogP contribution >= 0.6 is 11.6 Å². The minimum absolute atomic E-state index is 0.394. The van der Waals surface area contributed by atoms with Crippen LogP contribution < -0.4 is 16.1 Å². The lowest BCUT2D eigenvalue weighted by atomic mass is 10.2. The van der Waals surface area contributed by atoms with Crippen molar-refractivity contribution in [2.75, 3.05) is 31.1 Å². The predicted molar refractivity (Wildman–Crippen MR) is 140 cm³/mol. The van der Waals surface area contributed by atoms with Gasteiger partial charge in [0.15, 0.2) is 11.2 Å². The van der Waals surface area contributed by atoms with Gasteiger partial charge >= 0.3 is 5.69 Å². The van der Waals surface area contributed by atoms with E-state index in [0.29, 0.717) is 23.7 Å². The number of nitrogens with zero attached hydrogens (tertiary/aromatic N) is 5. The monoisotopic (exact) mass is 490 g/mol. The molecule has 1 saturated heterocycles. The second kappa shape index (κ2) is 9.93. The minimum atomic E-state index is -0.466. The molecule has 2 aromatic carbocycles. The molecule has 4 aromatic rings. The number of benzene rings is 2. The lowest BCUT2D eigenvalue weighted by molar-refractivity contribution is 0.248. The third-order valence-corrected chi connectivity index (χ3v) is 6.61. The molecular formula is C26H27ClN6O2. The lowest BCUT2D eigenvalue weighted by Gasteiger charge is -2.35. The van der Waals surface area contributed by atoms with E-state index < -0.39 is 11.2 Å². The maximum absolute atomic E-state index is 12.8. The van der Waals surface area contributed by atoms with E-state index in [0.717, 1.165) is 43.3 Å². The van der Waals surface area contributed by atoms with Gasteiger partial charge in [0.25, 0.3) is 5.56 Å². The minimum Gasteiger partial charge on any atom is -0.340 e. The van der Waals surface area contributed by atoms with E-state index in [1.807, 2.05) is 59.2 Å². The number of rotatable bonds is 6. The molecular weight excluding hydrogens is 464 g/mol. The Morgan fingerprint density at radius 1 is 1.00 bits per heavy atom. The molecule has 35 heavy (non-hydrogen) atoms. The zero-order valence-corrected chi connectivity index (χ0v) is 20.3. The van der Waals surface area contributed by atoms with Crippen molar-refractivity contribution in [1.82, 2.24) is 24.0 Å². The summed E-state index contributed by atoms with van der Waals surface area (Å²) in [5.41, 5.74) is 2.22. The number of imidazole rings is 1. The number of allylic oxidation sites excluding steroid dienone is 1. The molecule has 5 rings (SSSR count). The highest BCUT2D eigenvalue weighted by molar-refractivity contribution is 6.30. The fourth-order valence-corrected chi connectivity index (χ4v) is 4.58. The molecule has 1 aliphatic heterocycles. The van der Waals surface area contributed by atoms with Gasteiger partial charge in [-0.2, -0.15) is 4.98 Å². The fraction of sp³-hybridized carbons (Fsp3) is 0.269. The van der Waals surface area contributed by atoms with E-state index in [2.05, 4.69) is 26.9 Å². The first kappa shape index (κ1) is 23.1. The van der Waals surface area contributed by atoms with Crippen molar-refractivity contribution >= 4 is 34.8 Å². The summed E-state index contributed by atoms with van der Waals surface area (Å²) in [5.74, 6) is 0.704. The first-order valence-electron chi connectivity index (χ1n) is 11.6. The van der Waals surface area contributed by atoms with Gasteiger partial charge < -0.3 is 9.47 Å². The van der Waals surface area contributed by atoms with Gasteiger partial charge in [-0.05, 0) is 23.3 Å². The SMILES string of the molecule is Cn1c(=O)[nH]c(=O)c2c1nc(N1CCN(Cc3ccc(Cl)cc3)CC1)n2CC=Cc1ccccc1. The summed E-state index contributed by atoms with van der Waals surface area (Å²) in [6.45, 7) is 4.58. The maximum atomic E-state index is 12.8. The number of aryl methyl sites for hydroxylation is 1. The molecule has 0 amide bonds. The van der Waals surface area contributed by atoms with E-state index >= 15 is 0 Å². The lowest BCUT2D eigenvalue weighted by Crippen LogP contribution is -2.46. The summed E-state index contributed by atoms with van der Waals surface area (Å²) in [5, 5.41) is 0.739. The molecule has 1 N–H and O–H groups in total. The molecule has 0 saturated carbocycles. The molecule has 0 unspecified atom stereocenters. The highest BCUT2D eigenvalue weighted by atomic mass is 35.5. The smallest absolute Gasteiger partial charge is 0.329 e. The van der Waals surface area contributed by atoms with Crippen LogP contribution in [0.5, 0.6) is 0 Å². The van der Waals surface area contributed by atoms with Crippen molar-refractivity contribution in [2.45, 2.75) is 13.1 Å². The second-order valence-corrected chi connectivity index (χ2v) is 9.15. The van der Waals surface area contributed by atoms with Crippen LogP contribution in [0.2, 0.25) is 5.02 Å². The molecule has 2 aromatic heterocycles. The average Bonchev–Trinajstić information content (AvgIpc) is 3.25. The third kappa shape index (κ3) is 4.94. The number of aromatic nitrogens is 4. The van der Waals surface area contributed by atoms with Crippen LogP contribution in [0.4, 0.5) is 5.95 Å². The van der Waals surface area contributed by atoms with Crippen LogP contribution in [-0.4, -0.2) is 50.2 Å². The van der Waals surface area contributed by atoms with Crippen molar-refractivity contribution in [2.24, 2.45) is 7.05 Å². The van der Waals surface area contributed by atoms with Crippen molar-refractivity contribution in [3.8, 4) is 0 Å². The van der Waals surface area contributed by atoms with E-state index in [1.165, 1.54) is 10.1 Å². The van der Waals surface area contributed by atoms with Crippen molar-refractivity contribution in [3.05, 3.63) is 97.7 Å². The predicted octanol–water partition coefficient (Wildman–Crippen LogP) is 3.11. The van der Waals surface area contributed by atoms with E-state index in [9.17, 15) is 9.59 Å². The van der Waals surface area contributed by atoms with Crippen LogP contribution in [0.1, 0.15) is 11.1 Å². The molecule has 9 heteroatoms. The highest BCUT2D eigenvalue weighted by Crippen LogP contribution is 2.22. The molecule has 1 aliphatic rings. The van der Waals surface area contributed by atoms with Gasteiger partial charge in [0.1, 0.15) is 0 Å². The van der Waals surface area contributed by atoms with Gasteiger partial charge in [0, 0.05) is 51.3 Å². The zero-order chi connectivity index (χ0) is 24.4. The maximum Gasteiger partial charge on any atom is 0.329 e. The first-order valence-corrected chi connectivity index (χ1v) is 12.0. The average molecular weight is 491 g/mol. The quantitative estimate of drug-likeness (QED) is 0.449. The Kier molecular flexibility index (Phi) is 6.57.